The van der Waals surface area contributed by atoms with Gasteiger partial charge in [-0.15, -0.1) is 0 Å². The number of amides is 1. The van der Waals surface area contributed by atoms with Crippen molar-refractivity contribution < 1.29 is 22.4 Å². The lowest BCUT2D eigenvalue weighted by Gasteiger charge is -2.53. The minimum atomic E-state index is -4.97. The Morgan fingerprint density at radius 3 is 2.43 bits per heavy atom. The van der Waals surface area contributed by atoms with Crippen molar-refractivity contribution in [3.8, 4) is 6.07 Å². The van der Waals surface area contributed by atoms with Gasteiger partial charge in [0.25, 0.3) is 5.91 Å². The standard InChI is InChI=1S/C24H28F4N6O/c1-22(2,3)16-12-31-34(13-16)23(7-8-29)14-33(15-23)17-5-10-32(11-6-17)21(35)18-4-9-30-20(19(18)25)24(26,27)28/h4,9,12-13,17H,5-7,10-11,14-15H2,1-3H3. The third kappa shape index (κ3) is 4.76. The van der Waals surface area contributed by atoms with Gasteiger partial charge in [-0.1, -0.05) is 20.8 Å². The maximum absolute atomic E-state index is 14.4. The Hall–Kier alpha value is -3.00. The van der Waals surface area contributed by atoms with Crippen molar-refractivity contribution in [3.63, 3.8) is 0 Å². The zero-order valence-electron chi connectivity index (χ0n) is 19.9. The fourth-order valence-electron chi connectivity index (χ4n) is 4.83. The number of alkyl halides is 3. The predicted octanol–water partition coefficient (Wildman–Crippen LogP) is 3.96. The van der Waals surface area contributed by atoms with Crippen LogP contribution >= 0.6 is 0 Å². The van der Waals surface area contributed by atoms with E-state index in [2.05, 4.69) is 41.8 Å². The molecule has 2 saturated heterocycles. The summed E-state index contributed by atoms with van der Waals surface area (Å²) in [4.78, 5) is 19.4. The SMILES string of the molecule is CC(C)(C)c1cnn(C2(CC#N)CN(C3CCN(C(=O)c4ccnc(C(F)(F)F)c4F)CC3)C2)c1. The van der Waals surface area contributed by atoms with Gasteiger partial charge < -0.3 is 4.90 Å². The molecule has 0 atom stereocenters. The third-order valence-corrected chi connectivity index (χ3v) is 6.99. The number of piperidine rings is 1. The van der Waals surface area contributed by atoms with Gasteiger partial charge in [-0.3, -0.25) is 14.4 Å². The van der Waals surface area contributed by atoms with E-state index in [1.54, 1.807) is 0 Å². The van der Waals surface area contributed by atoms with Gasteiger partial charge in [0.1, 0.15) is 5.54 Å². The summed E-state index contributed by atoms with van der Waals surface area (Å²) in [6, 6.07) is 3.43. The monoisotopic (exact) mass is 492 g/mol. The van der Waals surface area contributed by atoms with Gasteiger partial charge >= 0.3 is 6.18 Å². The van der Waals surface area contributed by atoms with Gasteiger partial charge in [-0.25, -0.2) is 9.37 Å². The van der Waals surface area contributed by atoms with Crippen LogP contribution in [0.2, 0.25) is 0 Å². The average Bonchev–Trinajstić information content (AvgIpc) is 3.26. The highest BCUT2D eigenvalue weighted by Gasteiger charge is 2.48. The number of nitrogens with zero attached hydrogens (tertiary/aromatic N) is 6. The summed E-state index contributed by atoms with van der Waals surface area (Å²) in [6.45, 7) is 8.24. The third-order valence-electron chi connectivity index (χ3n) is 6.99. The van der Waals surface area contributed by atoms with Gasteiger partial charge in [0.2, 0.25) is 0 Å². The fourth-order valence-corrected chi connectivity index (χ4v) is 4.83. The predicted molar refractivity (Wildman–Crippen MR) is 119 cm³/mol. The highest BCUT2D eigenvalue weighted by molar-refractivity contribution is 5.94. The Labute approximate surface area is 201 Å². The molecule has 4 rings (SSSR count). The second-order valence-corrected chi connectivity index (χ2v) is 10.4. The molecule has 7 nitrogen and oxygen atoms in total. The average molecular weight is 493 g/mol. The van der Waals surface area contributed by atoms with Gasteiger partial charge in [-0.2, -0.15) is 23.5 Å². The van der Waals surface area contributed by atoms with E-state index in [0.717, 1.165) is 17.8 Å². The van der Waals surface area contributed by atoms with Crippen molar-refractivity contribution >= 4 is 5.91 Å². The number of halogens is 4. The Kier molecular flexibility index (Phi) is 6.38. The quantitative estimate of drug-likeness (QED) is 0.604. The molecule has 0 bridgehead atoms. The highest BCUT2D eigenvalue weighted by Crippen LogP contribution is 2.37. The maximum atomic E-state index is 14.4. The lowest BCUT2D eigenvalue weighted by atomic mass is 9.83. The first-order valence-corrected chi connectivity index (χ1v) is 11.5. The number of pyridine rings is 1. The second-order valence-electron chi connectivity index (χ2n) is 10.4. The largest absolute Gasteiger partial charge is 0.436 e. The number of aromatic nitrogens is 3. The smallest absolute Gasteiger partial charge is 0.338 e. The van der Waals surface area contributed by atoms with E-state index in [9.17, 15) is 27.6 Å². The molecule has 188 valence electrons. The molecule has 0 unspecified atom stereocenters. The lowest BCUT2D eigenvalue weighted by molar-refractivity contribution is -0.143. The molecule has 0 N–H and O–H groups in total. The number of nitriles is 1. The molecule has 2 aliphatic rings. The highest BCUT2D eigenvalue weighted by atomic mass is 19.4. The Morgan fingerprint density at radius 2 is 1.89 bits per heavy atom. The van der Waals surface area contributed by atoms with E-state index in [1.165, 1.54) is 4.90 Å². The zero-order valence-corrected chi connectivity index (χ0v) is 19.9. The summed E-state index contributed by atoms with van der Waals surface area (Å²) < 4.78 is 55.1. The molecule has 2 fully saturated rings. The molecule has 0 saturated carbocycles. The van der Waals surface area contributed by atoms with Crippen molar-refractivity contribution in [1.29, 1.82) is 5.26 Å². The first kappa shape index (κ1) is 25.1. The molecule has 2 aromatic rings. The van der Waals surface area contributed by atoms with E-state index >= 15 is 0 Å². The van der Waals surface area contributed by atoms with Crippen LogP contribution in [0.5, 0.6) is 0 Å². The molecule has 4 heterocycles. The van der Waals surface area contributed by atoms with Gasteiger partial charge in [0.15, 0.2) is 11.5 Å². The number of hydrogen-bond donors (Lipinski definition) is 0. The lowest BCUT2D eigenvalue weighted by Crippen LogP contribution is -2.66. The Morgan fingerprint density at radius 1 is 1.23 bits per heavy atom. The van der Waals surface area contributed by atoms with Crippen LogP contribution in [0.15, 0.2) is 24.7 Å². The van der Waals surface area contributed by atoms with Crippen molar-refractivity contribution in [1.82, 2.24) is 24.6 Å². The summed E-state index contributed by atoms with van der Waals surface area (Å²) >= 11 is 0. The molecule has 0 spiro atoms. The molecule has 2 aliphatic heterocycles. The molecule has 0 radical (unpaired) electrons. The normalized spacial score (nSPS) is 19.3. The molecular formula is C24H28F4N6O. The van der Waals surface area contributed by atoms with Gasteiger partial charge in [0.05, 0.1) is 24.3 Å². The summed E-state index contributed by atoms with van der Waals surface area (Å²) in [5.41, 5.74) is -1.65. The summed E-state index contributed by atoms with van der Waals surface area (Å²) in [7, 11) is 0. The molecular weight excluding hydrogens is 464 g/mol. The number of likely N-dealkylation sites (tertiary alicyclic amines) is 2. The molecule has 11 heteroatoms. The van der Waals surface area contributed by atoms with Crippen molar-refractivity contribution in [2.45, 2.75) is 63.2 Å². The van der Waals surface area contributed by atoms with Crippen LogP contribution in [-0.4, -0.2) is 62.7 Å². The molecule has 35 heavy (non-hydrogen) atoms. The van der Waals surface area contributed by atoms with E-state index in [1.807, 2.05) is 17.1 Å². The molecule has 0 aromatic carbocycles. The number of carbonyl (C=O) groups is 1. The van der Waals surface area contributed by atoms with Crippen molar-refractivity contribution in [2.24, 2.45) is 0 Å². The Bertz CT molecular complexity index is 1130. The molecule has 2 aromatic heterocycles. The van der Waals surface area contributed by atoms with Crippen LogP contribution in [0.1, 0.15) is 61.6 Å². The van der Waals surface area contributed by atoms with Crippen LogP contribution in [-0.2, 0) is 17.1 Å². The molecule has 0 aliphatic carbocycles. The number of rotatable bonds is 4. The minimum Gasteiger partial charge on any atom is -0.338 e. The number of hydrogen-bond acceptors (Lipinski definition) is 5. The zero-order chi connectivity index (χ0) is 25.6. The summed E-state index contributed by atoms with van der Waals surface area (Å²) in [5, 5.41) is 14.0. The van der Waals surface area contributed by atoms with Crippen LogP contribution in [0, 0.1) is 17.1 Å². The van der Waals surface area contributed by atoms with Gasteiger partial charge in [-0.05, 0) is 29.9 Å². The van der Waals surface area contributed by atoms with Crippen LogP contribution in [0.3, 0.4) is 0 Å². The number of carbonyl (C=O) groups excluding carboxylic acids is 1. The van der Waals surface area contributed by atoms with Crippen LogP contribution in [0.4, 0.5) is 17.6 Å². The summed E-state index contributed by atoms with van der Waals surface area (Å²) in [5.74, 6) is -2.40. The molecule has 1 amide bonds. The van der Waals surface area contributed by atoms with E-state index in [0.29, 0.717) is 45.4 Å². The maximum Gasteiger partial charge on any atom is 0.436 e. The van der Waals surface area contributed by atoms with E-state index in [-0.39, 0.29) is 11.5 Å². The van der Waals surface area contributed by atoms with E-state index < -0.39 is 34.7 Å². The van der Waals surface area contributed by atoms with Crippen LogP contribution in [0.25, 0.3) is 0 Å². The Balaban J connectivity index is 1.39. The topological polar surface area (TPSA) is 78.0 Å². The van der Waals surface area contributed by atoms with Crippen molar-refractivity contribution in [2.75, 3.05) is 26.2 Å². The second kappa shape index (κ2) is 8.90. The van der Waals surface area contributed by atoms with Crippen molar-refractivity contribution in [3.05, 3.63) is 47.3 Å². The fraction of sp³-hybridized carbons (Fsp3) is 0.583. The summed E-state index contributed by atoms with van der Waals surface area (Å²) in [6.07, 6.45) is 1.24. The minimum absolute atomic E-state index is 0.0516. The van der Waals surface area contributed by atoms with Gasteiger partial charge in [0, 0.05) is 44.6 Å². The van der Waals surface area contributed by atoms with Crippen LogP contribution < -0.4 is 0 Å². The first-order chi connectivity index (χ1) is 16.4. The van der Waals surface area contributed by atoms with E-state index in [4.69, 9.17) is 0 Å². The first-order valence-electron chi connectivity index (χ1n) is 11.5.